The summed E-state index contributed by atoms with van der Waals surface area (Å²) < 4.78 is 5.61. The van der Waals surface area contributed by atoms with E-state index in [1.165, 1.54) is 12.8 Å². The molecule has 0 saturated heterocycles. The highest BCUT2D eigenvalue weighted by molar-refractivity contribution is 6.17. The van der Waals surface area contributed by atoms with Gasteiger partial charge in [0, 0.05) is 12.3 Å². The second-order valence-corrected chi connectivity index (χ2v) is 4.74. The molecular weight excluding hydrogens is 212 g/mol. The van der Waals surface area contributed by atoms with Gasteiger partial charge in [-0.15, -0.1) is 11.6 Å². The number of carbonyl (C=O) groups is 1. The maximum absolute atomic E-state index is 11.6. The van der Waals surface area contributed by atoms with E-state index in [1.807, 2.05) is 0 Å². The Morgan fingerprint density at radius 1 is 1.33 bits per heavy atom. The minimum atomic E-state index is -0.127. The third-order valence-corrected chi connectivity index (χ3v) is 3.52. The van der Waals surface area contributed by atoms with Crippen molar-refractivity contribution in [2.75, 3.05) is 5.88 Å². The SMILES string of the molecule is CCC1(OC(=O)CCCCCl)CCCC1. The number of esters is 1. The summed E-state index contributed by atoms with van der Waals surface area (Å²) in [5.74, 6) is 0.593. The van der Waals surface area contributed by atoms with E-state index in [4.69, 9.17) is 16.3 Å². The van der Waals surface area contributed by atoms with Crippen LogP contribution in [0.25, 0.3) is 0 Å². The first-order valence-corrected chi connectivity index (χ1v) is 6.54. The van der Waals surface area contributed by atoms with Crippen LogP contribution in [0.4, 0.5) is 0 Å². The Hall–Kier alpha value is -0.240. The number of rotatable bonds is 6. The van der Waals surface area contributed by atoms with E-state index >= 15 is 0 Å². The van der Waals surface area contributed by atoms with Gasteiger partial charge in [0.1, 0.15) is 5.60 Å². The first-order valence-electron chi connectivity index (χ1n) is 6.00. The van der Waals surface area contributed by atoms with Crippen molar-refractivity contribution in [1.29, 1.82) is 0 Å². The van der Waals surface area contributed by atoms with E-state index in [-0.39, 0.29) is 11.6 Å². The van der Waals surface area contributed by atoms with Crippen LogP contribution in [0.15, 0.2) is 0 Å². The topological polar surface area (TPSA) is 26.3 Å². The molecule has 2 nitrogen and oxygen atoms in total. The maximum atomic E-state index is 11.6. The lowest BCUT2D eigenvalue weighted by molar-refractivity contribution is -0.159. The lowest BCUT2D eigenvalue weighted by Crippen LogP contribution is -2.31. The largest absolute Gasteiger partial charge is 0.459 e. The molecule has 1 rings (SSSR count). The molecule has 0 spiro atoms. The van der Waals surface area contributed by atoms with Crippen LogP contribution in [0.2, 0.25) is 0 Å². The van der Waals surface area contributed by atoms with Crippen molar-refractivity contribution in [1.82, 2.24) is 0 Å². The molecule has 88 valence electrons. The van der Waals surface area contributed by atoms with Crippen molar-refractivity contribution in [2.24, 2.45) is 0 Å². The molecule has 0 N–H and O–H groups in total. The molecule has 0 aromatic carbocycles. The molecule has 3 heteroatoms. The first-order chi connectivity index (χ1) is 7.22. The predicted octanol–water partition coefficient (Wildman–Crippen LogP) is 3.66. The van der Waals surface area contributed by atoms with Crippen LogP contribution in [-0.2, 0) is 9.53 Å². The second kappa shape index (κ2) is 6.37. The zero-order valence-corrected chi connectivity index (χ0v) is 10.3. The predicted molar refractivity (Wildman–Crippen MR) is 62.2 cm³/mol. The molecule has 0 aromatic rings. The molecule has 0 aromatic heterocycles. The lowest BCUT2D eigenvalue weighted by atomic mass is 9.99. The molecule has 0 bridgehead atoms. The van der Waals surface area contributed by atoms with Crippen LogP contribution in [0.5, 0.6) is 0 Å². The Morgan fingerprint density at radius 2 is 2.00 bits per heavy atom. The summed E-state index contributed by atoms with van der Waals surface area (Å²) in [7, 11) is 0. The third-order valence-electron chi connectivity index (χ3n) is 3.25. The van der Waals surface area contributed by atoms with Crippen molar-refractivity contribution >= 4 is 17.6 Å². The zero-order chi connectivity index (χ0) is 11.1. The van der Waals surface area contributed by atoms with E-state index in [1.54, 1.807) is 0 Å². The first kappa shape index (κ1) is 12.8. The van der Waals surface area contributed by atoms with Gasteiger partial charge in [-0.05, 0) is 44.9 Å². The number of unbranched alkanes of at least 4 members (excludes halogenated alkanes) is 1. The van der Waals surface area contributed by atoms with Gasteiger partial charge in [-0.1, -0.05) is 6.92 Å². The Labute approximate surface area is 97.3 Å². The molecule has 0 atom stereocenters. The van der Waals surface area contributed by atoms with Gasteiger partial charge in [-0.3, -0.25) is 4.79 Å². The zero-order valence-electron chi connectivity index (χ0n) is 9.56. The van der Waals surface area contributed by atoms with Gasteiger partial charge in [0.25, 0.3) is 0 Å². The van der Waals surface area contributed by atoms with Crippen LogP contribution in [0.1, 0.15) is 58.3 Å². The van der Waals surface area contributed by atoms with Crippen LogP contribution >= 0.6 is 11.6 Å². The molecule has 1 aliphatic rings. The van der Waals surface area contributed by atoms with Crippen molar-refractivity contribution in [3.05, 3.63) is 0 Å². The minimum Gasteiger partial charge on any atom is -0.459 e. The Balaban J connectivity index is 2.28. The van der Waals surface area contributed by atoms with Crippen molar-refractivity contribution in [3.63, 3.8) is 0 Å². The fraction of sp³-hybridized carbons (Fsp3) is 0.917. The van der Waals surface area contributed by atoms with Crippen molar-refractivity contribution < 1.29 is 9.53 Å². The van der Waals surface area contributed by atoms with Gasteiger partial charge in [0.05, 0.1) is 0 Å². The smallest absolute Gasteiger partial charge is 0.306 e. The van der Waals surface area contributed by atoms with Crippen LogP contribution in [0, 0.1) is 0 Å². The number of hydrogen-bond acceptors (Lipinski definition) is 2. The van der Waals surface area contributed by atoms with E-state index in [0.717, 1.165) is 32.1 Å². The Morgan fingerprint density at radius 3 is 2.53 bits per heavy atom. The number of alkyl halides is 1. The standard InChI is InChI=1S/C12H21ClO2/c1-2-12(8-4-5-9-12)15-11(14)7-3-6-10-13/h2-10H2,1H3. The molecule has 1 saturated carbocycles. The average molecular weight is 233 g/mol. The highest BCUT2D eigenvalue weighted by atomic mass is 35.5. The normalized spacial score (nSPS) is 19.1. The van der Waals surface area contributed by atoms with Gasteiger partial charge in [0.15, 0.2) is 0 Å². The fourth-order valence-electron chi connectivity index (χ4n) is 2.20. The van der Waals surface area contributed by atoms with Gasteiger partial charge >= 0.3 is 5.97 Å². The van der Waals surface area contributed by atoms with Crippen LogP contribution in [-0.4, -0.2) is 17.5 Å². The highest BCUT2D eigenvalue weighted by Crippen LogP contribution is 2.36. The van der Waals surface area contributed by atoms with E-state index in [9.17, 15) is 4.79 Å². The summed E-state index contributed by atoms with van der Waals surface area (Å²) in [5.41, 5.74) is -0.127. The molecule has 0 unspecified atom stereocenters. The summed E-state index contributed by atoms with van der Waals surface area (Å²) in [5, 5.41) is 0. The second-order valence-electron chi connectivity index (χ2n) is 4.36. The summed E-state index contributed by atoms with van der Waals surface area (Å²) >= 11 is 5.56. The van der Waals surface area contributed by atoms with Gasteiger partial charge < -0.3 is 4.74 Å². The molecule has 0 amide bonds. The maximum Gasteiger partial charge on any atom is 0.306 e. The van der Waals surface area contributed by atoms with Crippen LogP contribution in [0.3, 0.4) is 0 Å². The summed E-state index contributed by atoms with van der Waals surface area (Å²) in [6.07, 6.45) is 7.71. The number of hydrogen-bond donors (Lipinski definition) is 0. The van der Waals surface area contributed by atoms with E-state index in [2.05, 4.69) is 6.92 Å². The van der Waals surface area contributed by atoms with E-state index < -0.39 is 0 Å². The van der Waals surface area contributed by atoms with Crippen molar-refractivity contribution in [2.45, 2.75) is 63.9 Å². The van der Waals surface area contributed by atoms with E-state index in [0.29, 0.717) is 12.3 Å². The Bertz CT molecular complexity index is 198. The quantitative estimate of drug-likeness (QED) is 0.397. The number of ether oxygens (including phenoxy) is 1. The summed E-state index contributed by atoms with van der Waals surface area (Å²) in [6.45, 7) is 2.11. The molecule has 1 aliphatic carbocycles. The molecule has 0 heterocycles. The number of halogens is 1. The monoisotopic (exact) mass is 232 g/mol. The van der Waals surface area contributed by atoms with Crippen molar-refractivity contribution in [3.8, 4) is 0 Å². The van der Waals surface area contributed by atoms with Crippen LogP contribution < -0.4 is 0 Å². The van der Waals surface area contributed by atoms with Gasteiger partial charge in [-0.2, -0.15) is 0 Å². The third kappa shape index (κ3) is 4.02. The average Bonchev–Trinajstić information content (AvgIpc) is 2.67. The highest BCUT2D eigenvalue weighted by Gasteiger charge is 2.35. The Kier molecular flexibility index (Phi) is 5.44. The lowest BCUT2D eigenvalue weighted by Gasteiger charge is -2.27. The molecule has 15 heavy (non-hydrogen) atoms. The molecule has 1 fully saturated rings. The summed E-state index contributed by atoms with van der Waals surface area (Å²) in [6, 6.07) is 0. The van der Waals surface area contributed by atoms with Gasteiger partial charge in [-0.25, -0.2) is 0 Å². The molecule has 0 radical (unpaired) electrons. The molecular formula is C12H21ClO2. The summed E-state index contributed by atoms with van der Waals surface area (Å²) in [4.78, 5) is 11.6. The minimum absolute atomic E-state index is 0.0381. The molecule has 0 aliphatic heterocycles. The fourth-order valence-corrected chi connectivity index (χ4v) is 2.39. The number of carbonyl (C=O) groups excluding carboxylic acids is 1. The van der Waals surface area contributed by atoms with Gasteiger partial charge in [0.2, 0.25) is 0 Å².